The van der Waals surface area contributed by atoms with Gasteiger partial charge in [-0.1, -0.05) is 0 Å². The Morgan fingerprint density at radius 3 is 2.88 bits per heavy atom. The molecule has 0 aromatic carbocycles. The molecule has 0 bridgehead atoms. The SMILES string of the molecule is CN1CCN(CC2CNCCO2)C(C)(C)C1=O. The number of ether oxygens (including phenoxy) is 1. The quantitative estimate of drug-likeness (QED) is 0.710. The lowest BCUT2D eigenvalue weighted by molar-refractivity contribution is -0.149. The molecule has 2 fully saturated rings. The number of likely N-dealkylation sites (N-methyl/N-ethyl adjacent to an activating group) is 1. The molecule has 5 heteroatoms. The molecule has 5 nitrogen and oxygen atoms in total. The van der Waals surface area contributed by atoms with E-state index in [1.807, 2.05) is 25.8 Å². The third-order valence-electron chi connectivity index (χ3n) is 3.79. The van der Waals surface area contributed by atoms with Crippen LogP contribution in [0.15, 0.2) is 0 Å². The number of nitrogens with zero attached hydrogens (tertiary/aromatic N) is 2. The summed E-state index contributed by atoms with van der Waals surface area (Å²) in [6.45, 7) is 9.16. The van der Waals surface area contributed by atoms with Crippen molar-refractivity contribution in [2.75, 3.05) is 46.4 Å². The van der Waals surface area contributed by atoms with E-state index in [0.717, 1.165) is 39.3 Å². The second-order valence-electron chi connectivity index (χ2n) is 5.43. The molecule has 2 aliphatic heterocycles. The van der Waals surface area contributed by atoms with Crippen molar-refractivity contribution in [2.24, 2.45) is 0 Å². The molecule has 2 rings (SSSR count). The van der Waals surface area contributed by atoms with Crippen LogP contribution in [0, 0.1) is 0 Å². The highest BCUT2D eigenvalue weighted by Crippen LogP contribution is 2.22. The van der Waals surface area contributed by atoms with E-state index >= 15 is 0 Å². The third-order valence-corrected chi connectivity index (χ3v) is 3.79. The Morgan fingerprint density at radius 2 is 2.24 bits per heavy atom. The summed E-state index contributed by atoms with van der Waals surface area (Å²) >= 11 is 0. The van der Waals surface area contributed by atoms with Gasteiger partial charge in [0.05, 0.1) is 18.2 Å². The smallest absolute Gasteiger partial charge is 0.242 e. The van der Waals surface area contributed by atoms with Gasteiger partial charge < -0.3 is 15.0 Å². The maximum Gasteiger partial charge on any atom is 0.242 e. The van der Waals surface area contributed by atoms with Gasteiger partial charge >= 0.3 is 0 Å². The summed E-state index contributed by atoms with van der Waals surface area (Å²) in [5.41, 5.74) is -0.409. The average molecular weight is 241 g/mol. The van der Waals surface area contributed by atoms with Crippen molar-refractivity contribution in [1.82, 2.24) is 15.1 Å². The van der Waals surface area contributed by atoms with Crippen LogP contribution in [0.1, 0.15) is 13.8 Å². The monoisotopic (exact) mass is 241 g/mol. The Hall–Kier alpha value is -0.650. The van der Waals surface area contributed by atoms with E-state index < -0.39 is 5.54 Å². The number of piperazine rings is 1. The Labute approximate surface area is 103 Å². The first-order valence-electron chi connectivity index (χ1n) is 6.35. The topological polar surface area (TPSA) is 44.8 Å². The predicted molar refractivity (Wildman–Crippen MR) is 65.9 cm³/mol. The fourth-order valence-corrected chi connectivity index (χ4v) is 2.56. The van der Waals surface area contributed by atoms with E-state index in [4.69, 9.17) is 4.74 Å². The lowest BCUT2D eigenvalue weighted by atomic mass is 9.97. The van der Waals surface area contributed by atoms with Crippen molar-refractivity contribution in [2.45, 2.75) is 25.5 Å². The summed E-state index contributed by atoms with van der Waals surface area (Å²) < 4.78 is 5.71. The molecule has 98 valence electrons. The van der Waals surface area contributed by atoms with Crippen LogP contribution < -0.4 is 5.32 Å². The van der Waals surface area contributed by atoms with Crippen LogP contribution in [-0.4, -0.2) is 73.7 Å². The molecule has 1 amide bonds. The van der Waals surface area contributed by atoms with E-state index in [-0.39, 0.29) is 12.0 Å². The summed E-state index contributed by atoms with van der Waals surface area (Å²) in [5.74, 6) is 0.201. The van der Waals surface area contributed by atoms with Gasteiger partial charge in [-0.05, 0) is 13.8 Å². The molecule has 0 aliphatic carbocycles. The van der Waals surface area contributed by atoms with Crippen LogP contribution in [0.2, 0.25) is 0 Å². The Kier molecular flexibility index (Phi) is 3.70. The predicted octanol–water partition coefficient (Wildman–Crippen LogP) is -0.473. The minimum Gasteiger partial charge on any atom is -0.374 e. The van der Waals surface area contributed by atoms with Gasteiger partial charge in [-0.2, -0.15) is 0 Å². The van der Waals surface area contributed by atoms with Crippen molar-refractivity contribution in [3.8, 4) is 0 Å². The van der Waals surface area contributed by atoms with Gasteiger partial charge in [0.1, 0.15) is 0 Å². The number of nitrogens with one attached hydrogen (secondary N) is 1. The van der Waals surface area contributed by atoms with E-state index in [1.54, 1.807) is 0 Å². The normalized spacial score (nSPS) is 30.6. The van der Waals surface area contributed by atoms with Crippen LogP contribution in [0.5, 0.6) is 0 Å². The molecule has 1 atom stereocenters. The molecule has 2 aliphatic rings. The zero-order valence-corrected chi connectivity index (χ0v) is 11.0. The summed E-state index contributed by atoms with van der Waals surface area (Å²) in [7, 11) is 1.88. The molecule has 1 unspecified atom stereocenters. The molecule has 0 aromatic rings. The van der Waals surface area contributed by atoms with Gasteiger partial charge in [0, 0.05) is 39.8 Å². The summed E-state index contributed by atoms with van der Waals surface area (Å²) in [6, 6.07) is 0. The first-order chi connectivity index (χ1) is 8.01. The highest BCUT2D eigenvalue weighted by molar-refractivity contribution is 5.86. The number of rotatable bonds is 2. The first-order valence-corrected chi connectivity index (χ1v) is 6.35. The molecule has 2 heterocycles. The van der Waals surface area contributed by atoms with E-state index in [0.29, 0.717) is 0 Å². The number of carbonyl (C=O) groups excluding carboxylic acids is 1. The zero-order chi connectivity index (χ0) is 12.5. The van der Waals surface area contributed by atoms with Crippen molar-refractivity contribution in [3.63, 3.8) is 0 Å². The zero-order valence-electron chi connectivity index (χ0n) is 11.0. The van der Waals surface area contributed by atoms with Gasteiger partial charge in [0.2, 0.25) is 5.91 Å². The van der Waals surface area contributed by atoms with Gasteiger partial charge in [-0.15, -0.1) is 0 Å². The van der Waals surface area contributed by atoms with Crippen molar-refractivity contribution in [3.05, 3.63) is 0 Å². The van der Waals surface area contributed by atoms with Crippen molar-refractivity contribution in [1.29, 1.82) is 0 Å². The second-order valence-corrected chi connectivity index (χ2v) is 5.43. The summed E-state index contributed by atoms with van der Waals surface area (Å²) in [5, 5.41) is 3.32. The maximum absolute atomic E-state index is 12.1. The van der Waals surface area contributed by atoms with E-state index in [2.05, 4.69) is 10.2 Å². The number of hydrogen-bond donors (Lipinski definition) is 1. The van der Waals surface area contributed by atoms with E-state index in [9.17, 15) is 4.79 Å². The molecule has 0 radical (unpaired) electrons. The van der Waals surface area contributed by atoms with Gasteiger partial charge in [-0.3, -0.25) is 9.69 Å². The van der Waals surface area contributed by atoms with E-state index in [1.165, 1.54) is 0 Å². The number of morpholine rings is 1. The highest BCUT2D eigenvalue weighted by atomic mass is 16.5. The minimum absolute atomic E-state index is 0.201. The molecular weight excluding hydrogens is 218 g/mol. The molecule has 0 spiro atoms. The number of carbonyl (C=O) groups is 1. The Balaban J connectivity index is 1.97. The maximum atomic E-state index is 12.1. The molecule has 0 saturated carbocycles. The summed E-state index contributed by atoms with van der Waals surface area (Å²) in [4.78, 5) is 16.2. The van der Waals surface area contributed by atoms with Crippen LogP contribution in [0.25, 0.3) is 0 Å². The fraction of sp³-hybridized carbons (Fsp3) is 0.917. The highest BCUT2D eigenvalue weighted by Gasteiger charge is 2.41. The third kappa shape index (κ3) is 2.61. The minimum atomic E-state index is -0.409. The van der Waals surface area contributed by atoms with Crippen molar-refractivity contribution >= 4 is 5.91 Å². The van der Waals surface area contributed by atoms with Crippen LogP contribution in [0.4, 0.5) is 0 Å². The number of hydrogen-bond acceptors (Lipinski definition) is 4. The molecule has 0 aromatic heterocycles. The molecule has 1 N–H and O–H groups in total. The fourth-order valence-electron chi connectivity index (χ4n) is 2.56. The van der Waals surface area contributed by atoms with Gasteiger partial charge in [0.15, 0.2) is 0 Å². The Morgan fingerprint density at radius 1 is 1.47 bits per heavy atom. The second kappa shape index (κ2) is 4.92. The number of amides is 1. The van der Waals surface area contributed by atoms with Crippen molar-refractivity contribution < 1.29 is 9.53 Å². The largest absolute Gasteiger partial charge is 0.374 e. The van der Waals surface area contributed by atoms with Gasteiger partial charge in [-0.25, -0.2) is 0 Å². The van der Waals surface area contributed by atoms with Crippen LogP contribution >= 0.6 is 0 Å². The lowest BCUT2D eigenvalue weighted by Gasteiger charge is -2.46. The Bertz CT molecular complexity index is 287. The molecule has 2 saturated heterocycles. The average Bonchev–Trinajstić information content (AvgIpc) is 2.32. The molecule has 17 heavy (non-hydrogen) atoms. The van der Waals surface area contributed by atoms with Crippen LogP contribution in [0.3, 0.4) is 0 Å². The standard InChI is InChI=1S/C12H23N3O2/c1-12(2)11(16)14(3)5-6-15(12)9-10-8-13-4-7-17-10/h10,13H,4-9H2,1-3H3. The lowest BCUT2D eigenvalue weighted by Crippen LogP contribution is -2.64. The van der Waals surface area contributed by atoms with Crippen LogP contribution in [-0.2, 0) is 9.53 Å². The first kappa shape index (κ1) is 12.8. The summed E-state index contributed by atoms with van der Waals surface area (Å²) in [6.07, 6.45) is 0.208. The van der Waals surface area contributed by atoms with Gasteiger partial charge in [0.25, 0.3) is 0 Å². The molecular formula is C12H23N3O2.